The first-order valence-corrected chi connectivity index (χ1v) is 10.3. The van der Waals surface area contributed by atoms with Crippen LogP contribution in [0.1, 0.15) is 25.3 Å². The second kappa shape index (κ2) is 9.05. The van der Waals surface area contributed by atoms with Gasteiger partial charge >= 0.3 is 0 Å². The summed E-state index contributed by atoms with van der Waals surface area (Å²) >= 11 is 6.28. The first kappa shape index (κ1) is 20.0. The van der Waals surface area contributed by atoms with Crippen LogP contribution in [0.25, 0.3) is 0 Å². The SMILES string of the molecule is Cc1ccc(Nc2nc(N=C3C=CC(C)CC3)nc(Nc3ccccc3Cl)n2)cc1. The van der Waals surface area contributed by atoms with Gasteiger partial charge in [0.05, 0.1) is 10.7 Å². The highest BCUT2D eigenvalue weighted by Crippen LogP contribution is 2.26. The molecule has 1 heterocycles. The largest absolute Gasteiger partial charge is 0.324 e. The van der Waals surface area contributed by atoms with Crippen molar-refractivity contribution in [1.82, 2.24) is 15.0 Å². The van der Waals surface area contributed by atoms with Crippen molar-refractivity contribution in [2.24, 2.45) is 10.9 Å². The van der Waals surface area contributed by atoms with Crippen LogP contribution < -0.4 is 10.6 Å². The third kappa shape index (κ3) is 5.21. The summed E-state index contributed by atoms with van der Waals surface area (Å²) in [6, 6.07) is 15.5. The van der Waals surface area contributed by atoms with Crippen LogP contribution in [0.3, 0.4) is 0 Å². The molecule has 3 aromatic rings. The molecule has 1 aromatic heterocycles. The molecule has 7 heteroatoms. The monoisotopic (exact) mass is 418 g/mol. The molecule has 4 rings (SSSR count). The van der Waals surface area contributed by atoms with Gasteiger partial charge in [-0.2, -0.15) is 15.0 Å². The molecule has 1 unspecified atom stereocenters. The summed E-state index contributed by atoms with van der Waals surface area (Å²) in [4.78, 5) is 18.1. The van der Waals surface area contributed by atoms with Crippen molar-refractivity contribution in [3.8, 4) is 0 Å². The average molecular weight is 419 g/mol. The number of hydrogen-bond acceptors (Lipinski definition) is 6. The molecule has 1 atom stereocenters. The molecule has 0 radical (unpaired) electrons. The minimum Gasteiger partial charge on any atom is -0.324 e. The summed E-state index contributed by atoms with van der Waals surface area (Å²) in [6.07, 6.45) is 6.18. The van der Waals surface area contributed by atoms with Crippen LogP contribution in [0.2, 0.25) is 5.02 Å². The number of allylic oxidation sites excluding steroid dienone is 2. The van der Waals surface area contributed by atoms with Crippen molar-refractivity contribution in [2.75, 3.05) is 10.6 Å². The van der Waals surface area contributed by atoms with E-state index >= 15 is 0 Å². The zero-order chi connectivity index (χ0) is 20.9. The number of benzene rings is 2. The molecule has 0 bridgehead atoms. The zero-order valence-electron chi connectivity index (χ0n) is 16.9. The summed E-state index contributed by atoms with van der Waals surface area (Å²) in [6.45, 7) is 4.25. The minimum atomic E-state index is 0.350. The number of rotatable bonds is 5. The Morgan fingerprint density at radius 3 is 2.40 bits per heavy atom. The lowest BCUT2D eigenvalue weighted by atomic mass is 9.97. The molecule has 0 fully saturated rings. The van der Waals surface area contributed by atoms with E-state index < -0.39 is 0 Å². The van der Waals surface area contributed by atoms with Crippen LogP contribution in [0, 0.1) is 12.8 Å². The number of aromatic nitrogens is 3. The van der Waals surface area contributed by atoms with E-state index in [9.17, 15) is 0 Å². The standard InChI is InChI=1S/C23H23ClN6/c1-15-7-11-17(12-8-15)25-21-28-22(26-18-13-9-16(2)10-14-18)30-23(29-21)27-20-6-4-3-5-19(20)24/h3-9,11-13,16H,10,14H2,1-2H3,(H2,25,27,28,29,30). The van der Waals surface area contributed by atoms with Crippen LogP contribution in [-0.4, -0.2) is 20.7 Å². The van der Waals surface area contributed by atoms with Crippen molar-refractivity contribution in [3.05, 3.63) is 71.3 Å². The Labute approximate surface area is 181 Å². The van der Waals surface area contributed by atoms with Crippen LogP contribution in [-0.2, 0) is 0 Å². The Morgan fingerprint density at radius 2 is 1.70 bits per heavy atom. The number of para-hydroxylation sites is 1. The van der Waals surface area contributed by atoms with Crippen LogP contribution in [0.4, 0.5) is 29.2 Å². The number of aryl methyl sites for hydroxylation is 1. The van der Waals surface area contributed by atoms with Gasteiger partial charge in [-0.15, -0.1) is 0 Å². The smallest absolute Gasteiger partial charge is 0.256 e. The first-order chi connectivity index (χ1) is 14.5. The van der Waals surface area contributed by atoms with Crippen LogP contribution in [0.5, 0.6) is 0 Å². The molecule has 0 amide bonds. The summed E-state index contributed by atoms with van der Waals surface area (Å²) in [7, 11) is 0. The van der Waals surface area contributed by atoms with Gasteiger partial charge in [0, 0.05) is 11.4 Å². The summed E-state index contributed by atoms with van der Waals surface area (Å²) in [5.74, 6) is 1.71. The molecule has 0 spiro atoms. The molecule has 2 aromatic carbocycles. The Morgan fingerprint density at radius 1 is 0.967 bits per heavy atom. The van der Waals surface area contributed by atoms with E-state index in [1.54, 1.807) is 0 Å². The van der Waals surface area contributed by atoms with Gasteiger partial charge in [-0.3, -0.25) is 0 Å². The second-order valence-corrected chi connectivity index (χ2v) is 7.76. The first-order valence-electron chi connectivity index (χ1n) is 9.92. The highest BCUT2D eigenvalue weighted by molar-refractivity contribution is 6.33. The fraction of sp³-hybridized carbons (Fsp3) is 0.217. The molecule has 6 nitrogen and oxygen atoms in total. The van der Waals surface area contributed by atoms with E-state index in [2.05, 4.69) is 43.6 Å². The quantitative estimate of drug-likeness (QED) is 0.502. The molecule has 152 valence electrons. The minimum absolute atomic E-state index is 0.350. The number of nitrogens with one attached hydrogen (secondary N) is 2. The summed E-state index contributed by atoms with van der Waals surface area (Å²) < 4.78 is 0. The van der Waals surface area contributed by atoms with Gasteiger partial charge in [-0.25, -0.2) is 4.99 Å². The van der Waals surface area contributed by atoms with E-state index in [1.165, 1.54) is 5.56 Å². The Kier molecular flexibility index (Phi) is 6.05. The topological polar surface area (TPSA) is 75.1 Å². The fourth-order valence-electron chi connectivity index (χ4n) is 3.03. The number of halogens is 1. The van der Waals surface area contributed by atoms with Gasteiger partial charge in [0.1, 0.15) is 0 Å². The van der Waals surface area contributed by atoms with Crippen molar-refractivity contribution in [3.63, 3.8) is 0 Å². The van der Waals surface area contributed by atoms with E-state index in [-0.39, 0.29) is 0 Å². The predicted octanol–water partition coefficient (Wildman–Crippen LogP) is 6.38. The van der Waals surface area contributed by atoms with E-state index in [4.69, 9.17) is 11.6 Å². The number of aliphatic imine (C=N–C) groups is 1. The lowest BCUT2D eigenvalue weighted by Crippen LogP contribution is -2.07. The number of nitrogens with zero attached hydrogens (tertiary/aromatic N) is 4. The van der Waals surface area contributed by atoms with Gasteiger partial charge in [0.2, 0.25) is 11.9 Å². The Balaban J connectivity index is 1.67. The molecular weight excluding hydrogens is 396 g/mol. The highest BCUT2D eigenvalue weighted by Gasteiger charge is 2.11. The van der Waals surface area contributed by atoms with Gasteiger partial charge in [-0.05, 0) is 56.0 Å². The van der Waals surface area contributed by atoms with Crippen LogP contribution >= 0.6 is 11.6 Å². The highest BCUT2D eigenvalue weighted by atomic mass is 35.5. The third-order valence-corrected chi connectivity index (χ3v) is 5.10. The number of hydrogen-bond donors (Lipinski definition) is 2. The zero-order valence-corrected chi connectivity index (χ0v) is 17.7. The molecule has 1 aliphatic carbocycles. The molecule has 0 aliphatic heterocycles. The van der Waals surface area contributed by atoms with E-state index in [0.717, 1.165) is 29.9 Å². The fourth-order valence-corrected chi connectivity index (χ4v) is 3.21. The summed E-state index contributed by atoms with van der Waals surface area (Å²) in [5.41, 5.74) is 3.75. The second-order valence-electron chi connectivity index (χ2n) is 7.36. The molecule has 30 heavy (non-hydrogen) atoms. The maximum atomic E-state index is 6.28. The van der Waals surface area contributed by atoms with Crippen molar-refractivity contribution < 1.29 is 0 Å². The van der Waals surface area contributed by atoms with E-state index in [1.807, 2.05) is 61.5 Å². The maximum Gasteiger partial charge on any atom is 0.256 e. The molecular formula is C23H23ClN6. The summed E-state index contributed by atoms with van der Waals surface area (Å²) in [5, 5.41) is 6.99. The van der Waals surface area contributed by atoms with Crippen LogP contribution in [0.15, 0.2) is 65.7 Å². The molecule has 0 saturated carbocycles. The third-order valence-electron chi connectivity index (χ3n) is 4.77. The van der Waals surface area contributed by atoms with Crippen molar-refractivity contribution in [2.45, 2.75) is 26.7 Å². The van der Waals surface area contributed by atoms with Gasteiger partial charge < -0.3 is 10.6 Å². The van der Waals surface area contributed by atoms with Gasteiger partial charge in [0.25, 0.3) is 5.95 Å². The van der Waals surface area contributed by atoms with Gasteiger partial charge in [0.15, 0.2) is 0 Å². The maximum absolute atomic E-state index is 6.28. The molecule has 2 N–H and O–H groups in total. The van der Waals surface area contributed by atoms with E-state index in [0.29, 0.717) is 28.8 Å². The average Bonchev–Trinajstić information content (AvgIpc) is 2.73. The van der Waals surface area contributed by atoms with Crippen molar-refractivity contribution >= 4 is 46.5 Å². The lowest BCUT2D eigenvalue weighted by Gasteiger charge is -2.13. The normalized spacial score (nSPS) is 17.2. The molecule has 1 aliphatic rings. The predicted molar refractivity (Wildman–Crippen MR) is 124 cm³/mol. The Hall–Kier alpha value is -3.25. The molecule has 0 saturated heterocycles. The van der Waals surface area contributed by atoms with Gasteiger partial charge in [-0.1, -0.05) is 54.4 Å². The van der Waals surface area contributed by atoms with Crippen molar-refractivity contribution in [1.29, 1.82) is 0 Å². The lowest BCUT2D eigenvalue weighted by molar-refractivity contribution is 0.659. The Bertz CT molecular complexity index is 1090. The number of anilines is 4.